The van der Waals surface area contributed by atoms with Crippen LogP contribution in [0.25, 0.3) is 0 Å². The van der Waals surface area contributed by atoms with Crippen LogP contribution < -0.4 is 14.8 Å². The largest absolute Gasteiger partial charge is 0.492 e. The molecule has 1 atom stereocenters. The van der Waals surface area contributed by atoms with Crippen LogP contribution in [0.15, 0.2) is 23.1 Å². The van der Waals surface area contributed by atoms with Crippen molar-refractivity contribution in [2.45, 2.75) is 36.6 Å². The van der Waals surface area contributed by atoms with Crippen molar-refractivity contribution in [2.24, 2.45) is 5.92 Å². The number of ether oxygens (including phenoxy) is 1. The van der Waals surface area contributed by atoms with Crippen molar-refractivity contribution in [1.82, 2.24) is 10.0 Å². The second-order valence-corrected chi connectivity index (χ2v) is 8.13. The molecule has 0 amide bonds. The first-order valence-electron chi connectivity index (χ1n) is 7.70. The highest BCUT2D eigenvalue weighted by atomic mass is 35.5. The monoisotopic (exact) mass is 344 g/mol. The maximum atomic E-state index is 12.6. The van der Waals surface area contributed by atoms with Crippen molar-refractivity contribution in [1.29, 1.82) is 0 Å². The lowest BCUT2D eigenvalue weighted by atomic mass is 9.86. The Labute approximate surface area is 136 Å². The fourth-order valence-corrected chi connectivity index (χ4v) is 4.39. The Morgan fingerprint density at radius 1 is 1.32 bits per heavy atom. The SMILES string of the molecule is O=S(=O)(NC1CCNC1)c1cc(Cl)ccc1OCC1CCC1. The normalized spacial score (nSPS) is 22.5. The molecule has 1 aliphatic heterocycles. The van der Waals surface area contributed by atoms with E-state index in [0.29, 0.717) is 29.8 Å². The predicted molar refractivity (Wildman–Crippen MR) is 85.9 cm³/mol. The Bertz CT molecular complexity index is 626. The van der Waals surface area contributed by atoms with Crippen LogP contribution in [0.3, 0.4) is 0 Å². The van der Waals surface area contributed by atoms with Crippen LogP contribution in [0.2, 0.25) is 5.02 Å². The van der Waals surface area contributed by atoms with E-state index in [9.17, 15) is 8.42 Å². The summed E-state index contributed by atoms with van der Waals surface area (Å²) in [6.45, 7) is 2.04. The molecule has 2 aliphatic rings. The van der Waals surface area contributed by atoms with Gasteiger partial charge in [0.05, 0.1) is 6.61 Å². The minimum Gasteiger partial charge on any atom is -0.492 e. The van der Waals surface area contributed by atoms with Crippen LogP contribution in [0.4, 0.5) is 0 Å². The minimum absolute atomic E-state index is 0.0801. The highest BCUT2D eigenvalue weighted by Crippen LogP contribution is 2.31. The topological polar surface area (TPSA) is 67.4 Å². The van der Waals surface area contributed by atoms with Crippen molar-refractivity contribution in [3.05, 3.63) is 23.2 Å². The average molecular weight is 345 g/mol. The summed E-state index contributed by atoms with van der Waals surface area (Å²) in [4.78, 5) is 0.131. The molecule has 3 rings (SSSR count). The number of rotatable bonds is 6. The molecule has 1 heterocycles. The van der Waals surface area contributed by atoms with E-state index in [1.165, 1.54) is 12.5 Å². The zero-order valence-corrected chi connectivity index (χ0v) is 13.9. The molecule has 0 bridgehead atoms. The molecule has 1 aliphatic carbocycles. The summed E-state index contributed by atoms with van der Waals surface area (Å²) in [5, 5.41) is 3.53. The van der Waals surface area contributed by atoms with Gasteiger partial charge in [0, 0.05) is 17.6 Å². The lowest BCUT2D eigenvalue weighted by Crippen LogP contribution is -2.36. The van der Waals surface area contributed by atoms with Crippen LogP contribution in [0, 0.1) is 5.92 Å². The highest BCUT2D eigenvalue weighted by Gasteiger charge is 2.26. The van der Waals surface area contributed by atoms with Gasteiger partial charge in [0.2, 0.25) is 10.0 Å². The smallest absolute Gasteiger partial charge is 0.244 e. The van der Waals surface area contributed by atoms with Gasteiger partial charge in [-0.15, -0.1) is 0 Å². The number of hydrogen-bond acceptors (Lipinski definition) is 4. The van der Waals surface area contributed by atoms with Gasteiger partial charge in [0.15, 0.2) is 0 Å². The molecule has 1 aromatic rings. The van der Waals surface area contributed by atoms with Gasteiger partial charge in [-0.3, -0.25) is 0 Å². The quantitative estimate of drug-likeness (QED) is 0.830. The van der Waals surface area contributed by atoms with E-state index in [1.54, 1.807) is 12.1 Å². The molecule has 0 aromatic heterocycles. The second kappa shape index (κ2) is 6.74. The molecule has 1 aromatic carbocycles. The fourth-order valence-electron chi connectivity index (χ4n) is 2.72. The van der Waals surface area contributed by atoms with Gasteiger partial charge >= 0.3 is 0 Å². The first kappa shape index (κ1) is 16.1. The third-order valence-corrected chi connectivity index (χ3v) is 6.05. The van der Waals surface area contributed by atoms with Crippen molar-refractivity contribution < 1.29 is 13.2 Å². The van der Waals surface area contributed by atoms with Gasteiger partial charge in [-0.25, -0.2) is 13.1 Å². The van der Waals surface area contributed by atoms with Crippen LogP contribution in [0.5, 0.6) is 5.75 Å². The third kappa shape index (κ3) is 3.74. The highest BCUT2D eigenvalue weighted by molar-refractivity contribution is 7.89. The van der Waals surface area contributed by atoms with E-state index in [4.69, 9.17) is 16.3 Å². The average Bonchev–Trinajstić information content (AvgIpc) is 2.90. The van der Waals surface area contributed by atoms with Gasteiger partial charge in [0.25, 0.3) is 0 Å². The molecule has 2 N–H and O–H groups in total. The Kier molecular flexibility index (Phi) is 4.92. The maximum Gasteiger partial charge on any atom is 0.244 e. The van der Waals surface area contributed by atoms with Gasteiger partial charge in [0.1, 0.15) is 10.6 Å². The molecule has 1 unspecified atom stereocenters. The Hall–Kier alpha value is -0.820. The Morgan fingerprint density at radius 2 is 2.14 bits per heavy atom. The third-order valence-electron chi connectivity index (χ3n) is 4.28. The minimum atomic E-state index is -3.63. The van der Waals surface area contributed by atoms with Crippen LogP contribution in [0.1, 0.15) is 25.7 Å². The standard InChI is InChI=1S/C15H21ClN2O3S/c16-12-4-5-14(21-10-11-2-1-3-11)15(8-12)22(19,20)18-13-6-7-17-9-13/h4-5,8,11,13,17-18H,1-3,6-7,9-10H2. The molecular formula is C15H21ClN2O3S. The van der Waals surface area contributed by atoms with Crippen LogP contribution in [-0.4, -0.2) is 34.2 Å². The molecule has 22 heavy (non-hydrogen) atoms. The molecule has 122 valence electrons. The summed E-state index contributed by atoms with van der Waals surface area (Å²) in [5.41, 5.74) is 0. The van der Waals surface area contributed by atoms with Crippen molar-refractivity contribution >= 4 is 21.6 Å². The summed E-state index contributed by atoms with van der Waals surface area (Å²) < 4.78 is 33.7. The lowest BCUT2D eigenvalue weighted by Gasteiger charge is -2.25. The summed E-state index contributed by atoms with van der Waals surface area (Å²) in [7, 11) is -3.63. The molecule has 5 nitrogen and oxygen atoms in total. The van der Waals surface area contributed by atoms with Crippen molar-refractivity contribution in [2.75, 3.05) is 19.7 Å². The van der Waals surface area contributed by atoms with Gasteiger partial charge < -0.3 is 10.1 Å². The predicted octanol–water partition coefficient (Wildman–Crippen LogP) is 2.16. The summed E-state index contributed by atoms with van der Waals surface area (Å²) in [6, 6.07) is 4.68. The van der Waals surface area contributed by atoms with Gasteiger partial charge in [-0.2, -0.15) is 0 Å². The number of sulfonamides is 1. The molecule has 0 spiro atoms. The molecule has 0 radical (unpaired) electrons. The number of benzene rings is 1. The molecule has 1 saturated carbocycles. The summed E-state index contributed by atoms with van der Waals surface area (Å²) in [6.07, 6.45) is 4.33. The Balaban J connectivity index is 1.78. The molecular weight excluding hydrogens is 324 g/mol. The van der Waals surface area contributed by atoms with Crippen LogP contribution in [-0.2, 0) is 10.0 Å². The maximum absolute atomic E-state index is 12.6. The zero-order valence-electron chi connectivity index (χ0n) is 12.3. The van der Waals surface area contributed by atoms with Gasteiger partial charge in [-0.05, 0) is 49.9 Å². The lowest BCUT2D eigenvalue weighted by molar-refractivity contribution is 0.177. The Morgan fingerprint density at radius 3 is 2.77 bits per heavy atom. The molecule has 2 fully saturated rings. The summed E-state index contributed by atoms with van der Waals surface area (Å²) >= 11 is 5.98. The zero-order chi connectivity index (χ0) is 15.6. The first-order chi connectivity index (χ1) is 10.5. The second-order valence-electron chi connectivity index (χ2n) is 6.01. The van der Waals surface area contributed by atoms with Crippen molar-refractivity contribution in [3.8, 4) is 5.75 Å². The van der Waals surface area contributed by atoms with E-state index in [-0.39, 0.29) is 10.9 Å². The number of hydrogen-bond donors (Lipinski definition) is 2. The van der Waals surface area contributed by atoms with E-state index < -0.39 is 10.0 Å². The number of halogens is 1. The number of nitrogens with one attached hydrogen (secondary N) is 2. The summed E-state index contributed by atoms with van der Waals surface area (Å²) in [5.74, 6) is 0.924. The van der Waals surface area contributed by atoms with Gasteiger partial charge in [-0.1, -0.05) is 18.0 Å². The van der Waals surface area contributed by atoms with E-state index >= 15 is 0 Å². The molecule has 1 saturated heterocycles. The van der Waals surface area contributed by atoms with E-state index in [1.807, 2.05) is 0 Å². The first-order valence-corrected chi connectivity index (χ1v) is 9.56. The van der Waals surface area contributed by atoms with E-state index in [2.05, 4.69) is 10.0 Å². The van der Waals surface area contributed by atoms with Crippen molar-refractivity contribution in [3.63, 3.8) is 0 Å². The molecule has 7 heteroatoms. The van der Waals surface area contributed by atoms with E-state index in [0.717, 1.165) is 25.8 Å². The van der Waals surface area contributed by atoms with Crippen LogP contribution >= 0.6 is 11.6 Å². The fraction of sp³-hybridized carbons (Fsp3) is 0.600.